The summed E-state index contributed by atoms with van der Waals surface area (Å²) in [4.78, 5) is 16.7. The van der Waals surface area contributed by atoms with E-state index in [1.807, 2.05) is 11.9 Å². The van der Waals surface area contributed by atoms with Crippen LogP contribution in [0.25, 0.3) is 0 Å². The predicted octanol–water partition coefficient (Wildman–Crippen LogP) is 1.26. The van der Waals surface area contributed by atoms with Gasteiger partial charge in [-0.05, 0) is 12.5 Å². The Hall–Kier alpha value is -1.89. The van der Waals surface area contributed by atoms with Gasteiger partial charge in [-0.1, -0.05) is 0 Å². The number of rotatable bonds is 4. The molecule has 2 heterocycles. The van der Waals surface area contributed by atoms with Gasteiger partial charge >= 0.3 is 5.69 Å². The zero-order chi connectivity index (χ0) is 13.1. The highest BCUT2D eigenvalue weighted by Gasteiger charge is 2.27. The fraction of sp³-hybridized carbons (Fsp3) is 0.545. The third kappa shape index (κ3) is 2.35. The molecule has 7 heteroatoms. The average Bonchev–Trinajstić information content (AvgIpc) is 2.90. The minimum Gasteiger partial charge on any atom is -0.379 e. The Morgan fingerprint density at radius 3 is 2.94 bits per heavy atom. The van der Waals surface area contributed by atoms with E-state index in [1.165, 1.54) is 6.07 Å². The van der Waals surface area contributed by atoms with Gasteiger partial charge in [-0.25, -0.2) is 4.98 Å². The van der Waals surface area contributed by atoms with Gasteiger partial charge in [0, 0.05) is 26.8 Å². The maximum Gasteiger partial charge on any atom is 0.311 e. The van der Waals surface area contributed by atoms with Crippen LogP contribution in [0.5, 0.6) is 0 Å². The van der Waals surface area contributed by atoms with Crippen molar-refractivity contribution in [3.8, 4) is 0 Å². The SMILES string of the molecule is CNc1ccc([N+](=O)[O-])c(N(C)C2CCOC2)n1. The monoisotopic (exact) mass is 252 g/mol. The molecule has 1 aliphatic heterocycles. The molecule has 1 unspecified atom stereocenters. The molecule has 0 amide bonds. The topological polar surface area (TPSA) is 80.5 Å². The molecule has 0 radical (unpaired) electrons. The number of anilines is 2. The summed E-state index contributed by atoms with van der Waals surface area (Å²) in [6.07, 6.45) is 0.860. The zero-order valence-corrected chi connectivity index (χ0v) is 10.4. The number of nitrogens with zero attached hydrogens (tertiary/aromatic N) is 3. The number of ether oxygens (including phenoxy) is 1. The molecule has 1 N–H and O–H groups in total. The molecule has 7 nitrogen and oxygen atoms in total. The molecule has 1 aromatic rings. The maximum atomic E-state index is 11.0. The standard InChI is InChI=1S/C11H16N4O3/c1-12-10-4-3-9(15(16)17)11(13-10)14(2)8-5-6-18-7-8/h3-4,8H,5-7H2,1-2H3,(H,12,13). The van der Waals surface area contributed by atoms with Gasteiger partial charge in [0.15, 0.2) is 0 Å². The first-order valence-electron chi connectivity index (χ1n) is 5.77. The van der Waals surface area contributed by atoms with Crippen molar-refractivity contribution in [2.24, 2.45) is 0 Å². The van der Waals surface area contributed by atoms with Crippen molar-refractivity contribution in [3.63, 3.8) is 0 Å². The molecule has 18 heavy (non-hydrogen) atoms. The molecule has 0 aliphatic carbocycles. The van der Waals surface area contributed by atoms with E-state index in [0.717, 1.165) is 6.42 Å². The van der Waals surface area contributed by atoms with Crippen LogP contribution < -0.4 is 10.2 Å². The Bertz CT molecular complexity index is 446. The van der Waals surface area contributed by atoms with E-state index in [-0.39, 0.29) is 11.7 Å². The summed E-state index contributed by atoms with van der Waals surface area (Å²) in [5, 5.41) is 13.9. The zero-order valence-electron chi connectivity index (χ0n) is 10.4. The number of hydrogen-bond donors (Lipinski definition) is 1. The highest BCUT2D eigenvalue weighted by Crippen LogP contribution is 2.29. The van der Waals surface area contributed by atoms with Crippen LogP contribution in [0.4, 0.5) is 17.3 Å². The summed E-state index contributed by atoms with van der Waals surface area (Å²) in [6.45, 7) is 1.27. The molecule has 0 aromatic carbocycles. The number of nitro groups is 1. The predicted molar refractivity (Wildman–Crippen MR) is 68.1 cm³/mol. The van der Waals surface area contributed by atoms with Crippen molar-refractivity contribution in [1.82, 2.24) is 4.98 Å². The molecule has 1 saturated heterocycles. The minimum atomic E-state index is -0.409. The summed E-state index contributed by atoms with van der Waals surface area (Å²) in [7, 11) is 3.55. The summed E-state index contributed by atoms with van der Waals surface area (Å²) in [6, 6.07) is 3.21. The van der Waals surface area contributed by atoms with Crippen LogP contribution in [-0.4, -0.2) is 43.3 Å². The fourth-order valence-corrected chi connectivity index (χ4v) is 1.98. The summed E-state index contributed by atoms with van der Waals surface area (Å²) < 4.78 is 5.30. The first-order valence-corrected chi connectivity index (χ1v) is 5.77. The molecular formula is C11H16N4O3. The molecule has 1 atom stereocenters. The van der Waals surface area contributed by atoms with Crippen LogP contribution >= 0.6 is 0 Å². The van der Waals surface area contributed by atoms with Crippen LogP contribution in [0.3, 0.4) is 0 Å². The quantitative estimate of drug-likeness (QED) is 0.641. The molecule has 1 aliphatic rings. The molecule has 2 rings (SSSR count). The highest BCUT2D eigenvalue weighted by molar-refractivity contribution is 5.61. The van der Waals surface area contributed by atoms with Gasteiger partial charge in [0.25, 0.3) is 0 Å². The number of aromatic nitrogens is 1. The number of pyridine rings is 1. The van der Waals surface area contributed by atoms with Gasteiger partial charge in [-0.15, -0.1) is 0 Å². The largest absolute Gasteiger partial charge is 0.379 e. The Morgan fingerprint density at radius 2 is 2.39 bits per heavy atom. The van der Waals surface area contributed by atoms with E-state index in [9.17, 15) is 10.1 Å². The van der Waals surface area contributed by atoms with Crippen LogP contribution in [0, 0.1) is 10.1 Å². The van der Waals surface area contributed by atoms with Crippen molar-refractivity contribution in [3.05, 3.63) is 22.2 Å². The number of likely N-dealkylation sites (N-methyl/N-ethyl adjacent to an activating group) is 1. The lowest BCUT2D eigenvalue weighted by molar-refractivity contribution is -0.384. The lowest BCUT2D eigenvalue weighted by Crippen LogP contribution is -2.33. The van der Waals surface area contributed by atoms with E-state index in [1.54, 1.807) is 13.1 Å². The van der Waals surface area contributed by atoms with Crippen molar-refractivity contribution in [1.29, 1.82) is 0 Å². The first-order chi connectivity index (χ1) is 8.63. The van der Waals surface area contributed by atoms with E-state index in [2.05, 4.69) is 10.3 Å². The van der Waals surface area contributed by atoms with Gasteiger partial charge in [-0.2, -0.15) is 0 Å². The average molecular weight is 252 g/mol. The number of nitrogens with one attached hydrogen (secondary N) is 1. The van der Waals surface area contributed by atoms with Crippen LogP contribution in [0.1, 0.15) is 6.42 Å². The Labute approximate surface area is 105 Å². The summed E-state index contributed by atoms with van der Waals surface area (Å²) >= 11 is 0. The Balaban J connectivity index is 2.35. The lowest BCUT2D eigenvalue weighted by Gasteiger charge is -2.24. The van der Waals surface area contributed by atoms with Crippen molar-refractivity contribution in [2.45, 2.75) is 12.5 Å². The highest BCUT2D eigenvalue weighted by atomic mass is 16.6. The third-order valence-electron chi connectivity index (χ3n) is 3.09. The van der Waals surface area contributed by atoms with Gasteiger partial charge in [0.05, 0.1) is 17.6 Å². The van der Waals surface area contributed by atoms with Crippen molar-refractivity contribution < 1.29 is 9.66 Å². The summed E-state index contributed by atoms with van der Waals surface area (Å²) in [5.74, 6) is 0.990. The lowest BCUT2D eigenvalue weighted by atomic mass is 10.2. The van der Waals surface area contributed by atoms with Gasteiger partial charge < -0.3 is 15.0 Å². The molecule has 98 valence electrons. The van der Waals surface area contributed by atoms with Crippen LogP contribution in [0.2, 0.25) is 0 Å². The molecule has 0 spiro atoms. The number of hydrogen-bond acceptors (Lipinski definition) is 6. The van der Waals surface area contributed by atoms with Crippen molar-refractivity contribution in [2.75, 3.05) is 37.5 Å². The summed E-state index contributed by atoms with van der Waals surface area (Å²) in [5.41, 5.74) is 0.0170. The maximum absolute atomic E-state index is 11.0. The smallest absolute Gasteiger partial charge is 0.311 e. The fourth-order valence-electron chi connectivity index (χ4n) is 1.98. The van der Waals surface area contributed by atoms with Gasteiger partial charge in [0.1, 0.15) is 5.82 Å². The van der Waals surface area contributed by atoms with E-state index in [4.69, 9.17) is 4.74 Å². The van der Waals surface area contributed by atoms with Gasteiger partial charge in [-0.3, -0.25) is 10.1 Å². The second-order valence-corrected chi connectivity index (χ2v) is 4.17. The van der Waals surface area contributed by atoms with Crippen molar-refractivity contribution >= 4 is 17.3 Å². The first kappa shape index (κ1) is 12.6. The van der Waals surface area contributed by atoms with E-state index in [0.29, 0.717) is 24.8 Å². The molecule has 1 fully saturated rings. The second-order valence-electron chi connectivity index (χ2n) is 4.17. The van der Waals surface area contributed by atoms with Crippen LogP contribution in [-0.2, 0) is 4.74 Å². The van der Waals surface area contributed by atoms with E-state index >= 15 is 0 Å². The molecular weight excluding hydrogens is 236 g/mol. The second kappa shape index (κ2) is 5.18. The van der Waals surface area contributed by atoms with E-state index < -0.39 is 4.92 Å². The molecule has 1 aromatic heterocycles. The Morgan fingerprint density at radius 1 is 1.61 bits per heavy atom. The minimum absolute atomic E-state index is 0.0170. The molecule has 0 bridgehead atoms. The molecule has 0 saturated carbocycles. The van der Waals surface area contributed by atoms with Gasteiger partial charge in [0.2, 0.25) is 5.82 Å². The Kier molecular flexibility index (Phi) is 3.61. The third-order valence-corrected chi connectivity index (χ3v) is 3.09. The van der Waals surface area contributed by atoms with Crippen LogP contribution in [0.15, 0.2) is 12.1 Å². The normalized spacial score (nSPS) is 18.7.